The molecule has 7 heteroatoms. The molecule has 1 amide bonds. The maximum Gasteiger partial charge on any atom is 0.331 e. The molecule has 0 aliphatic rings. The van der Waals surface area contributed by atoms with Crippen LogP contribution in [0.5, 0.6) is 0 Å². The van der Waals surface area contributed by atoms with E-state index in [2.05, 4.69) is 10.1 Å². The van der Waals surface area contributed by atoms with Crippen molar-refractivity contribution in [3.63, 3.8) is 0 Å². The van der Waals surface area contributed by atoms with E-state index in [9.17, 15) is 18.8 Å². The van der Waals surface area contributed by atoms with E-state index < -0.39 is 36.3 Å². The molecule has 136 valence electrons. The van der Waals surface area contributed by atoms with Gasteiger partial charge in [-0.2, -0.15) is 0 Å². The summed E-state index contributed by atoms with van der Waals surface area (Å²) in [7, 11) is 1.24. The van der Waals surface area contributed by atoms with Gasteiger partial charge in [-0.05, 0) is 29.7 Å². The van der Waals surface area contributed by atoms with Crippen molar-refractivity contribution in [2.75, 3.05) is 13.7 Å². The summed E-state index contributed by atoms with van der Waals surface area (Å²) >= 11 is 0. The van der Waals surface area contributed by atoms with Gasteiger partial charge in [-0.3, -0.25) is 4.79 Å². The minimum atomic E-state index is -0.802. The summed E-state index contributed by atoms with van der Waals surface area (Å²) in [5.74, 6) is -2.46. The Morgan fingerprint density at radius 2 is 2.04 bits per heavy atom. The molecule has 0 bridgehead atoms. The van der Waals surface area contributed by atoms with Crippen LogP contribution in [-0.2, 0) is 23.9 Å². The number of hydrogen-bond donors (Lipinski definition) is 1. The third-order valence-corrected chi connectivity index (χ3v) is 3.59. The quantitative estimate of drug-likeness (QED) is 0.573. The molecule has 0 aliphatic heterocycles. The highest BCUT2D eigenvalue weighted by Crippen LogP contribution is 2.09. The number of nitrogens with one attached hydrogen (secondary N) is 1. The maximum absolute atomic E-state index is 13.0. The van der Waals surface area contributed by atoms with E-state index in [1.165, 1.54) is 31.4 Å². The standard InChI is InChI=1S/C18H22FNO5/c1-4-12(2)17(18(23)24-3)20-15(21)11-25-16(22)9-8-13-6-5-7-14(19)10-13/h5-10,12,17H,4,11H2,1-3H3,(H,20,21)/b9-8+/t12-,17-/m0/s1. The molecule has 6 nitrogen and oxygen atoms in total. The van der Waals surface area contributed by atoms with Crippen molar-refractivity contribution in [3.05, 3.63) is 41.7 Å². The lowest BCUT2D eigenvalue weighted by Crippen LogP contribution is -2.47. The topological polar surface area (TPSA) is 81.7 Å². The zero-order valence-electron chi connectivity index (χ0n) is 14.5. The van der Waals surface area contributed by atoms with Gasteiger partial charge in [0.1, 0.15) is 11.9 Å². The molecule has 0 saturated carbocycles. The molecular formula is C18H22FNO5. The summed E-state index contributed by atoms with van der Waals surface area (Å²) in [6.07, 6.45) is 3.13. The van der Waals surface area contributed by atoms with Crippen molar-refractivity contribution in [1.82, 2.24) is 5.32 Å². The molecule has 25 heavy (non-hydrogen) atoms. The number of benzene rings is 1. The van der Waals surface area contributed by atoms with Crippen LogP contribution in [0, 0.1) is 11.7 Å². The number of ether oxygens (including phenoxy) is 2. The summed E-state index contributed by atoms with van der Waals surface area (Å²) in [5.41, 5.74) is 0.490. The monoisotopic (exact) mass is 351 g/mol. The highest BCUT2D eigenvalue weighted by atomic mass is 19.1. The Bertz CT molecular complexity index is 644. The molecule has 1 rings (SSSR count). The Labute approximate surface area is 146 Å². The molecular weight excluding hydrogens is 329 g/mol. The first kappa shape index (κ1) is 20.3. The number of halogens is 1. The fourth-order valence-corrected chi connectivity index (χ4v) is 1.97. The second-order valence-electron chi connectivity index (χ2n) is 5.45. The van der Waals surface area contributed by atoms with E-state index in [0.717, 1.165) is 6.08 Å². The lowest BCUT2D eigenvalue weighted by Gasteiger charge is -2.21. The van der Waals surface area contributed by atoms with Gasteiger partial charge in [0.25, 0.3) is 5.91 Å². The molecule has 0 fully saturated rings. The van der Waals surface area contributed by atoms with Gasteiger partial charge >= 0.3 is 11.9 Å². The van der Waals surface area contributed by atoms with E-state index >= 15 is 0 Å². The first-order valence-corrected chi connectivity index (χ1v) is 7.85. The minimum absolute atomic E-state index is 0.125. The molecule has 0 radical (unpaired) electrons. The number of carbonyl (C=O) groups is 3. The van der Waals surface area contributed by atoms with Gasteiger partial charge in [0, 0.05) is 6.08 Å². The molecule has 1 aromatic carbocycles. The predicted molar refractivity (Wildman–Crippen MR) is 89.8 cm³/mol. The number of amides is 1. The Morgan fingerprint density at radius 3 is 2.64 bits per heavy atom. The molecule has 1 N–H and O–H groups in total. The molecule has 0 unspecified atom stereocenters. The number of carbonyl (C=O) groups excluding carboxylic acids is 3. The number of hydrogen-bond acceptors (Lipinski definition) is 5. The average molecular weight is 351 g/mol. The first-order chi connectivity index (χ1) is 11.9. The van der Waals surface area contributed by atoms with Crippen LogP contribution >= 0.6 is 0 Å². The minimum Gasteiger partial charge on any atom is -0.467 e. The summed E-state index contributed by atoms with van der Waals surface area (Å²) in [5, 5.41) is 2.49. The van der Waals surface area contributed by atoms with Gasteiger partial charge in [-0.25, -0.2) is 14.0 Å². The van der Waals surface area contributed by atoms with Crippen molar-refractivity contribution in [2.24, 2.45) is 5.92 Å². The third kappa shape index (κ3) is 7.15. The Balaban J connectivity index is 2.51. The fourth-order valence-electron chi connectivity index (χ4n) is 1.97. The van der Waals surface area contributed by atoms with Crippen LogP contribution in [0.4, 0.5) is 4.39 Å². The van der Waals surface area contributed by atoms with Crippen LogP contribution in [-0.4, -0.2) is 37.6 Å². The van der Waals surface area contributed by atoms with Gasteiger partial charge in [0.05, 0.1) is 7.11 Å². The smallest absolute Gasteiger partial charge is 0.331 e. The molecule has 2 atom stereocenters. The van der Waals surface area contributed by atoms with E-state index in [1.54, 1.807) is 13.0 Å². The first-order valence-electron chi connectivity index (χ1n) is 7.85. The van der Waals surface area contributed by atoms with Gasteiger partial charge in [0.15, 0.2) is 6.61 Å². The molecule has 1 aromatic rings. The second-order valence-corrected chi connectivity index (χ2v) is 5.45. The highest BCUT2D eigenvalue weighted by Gasteiger charge is 2.26. The van der Waals surface area contributed by atoms with Crippen molar-refractivity contribution in [3.8, 4) is 0 Å². The predicted octanol–water partition coefficient (Wildman–Crippen LogP) is 2.09. The largest absolute Gasteiger partial charge is 0.467 e. The lowest BCUT2D eigenvalue weighted by molar-refractivity contribution is -0.148. The van der Waals surface area contributed by atoms with E-state index in [-0.39, 0.29) is 5.92 Å². The zero-order valence-corrected chi connectivity index (χ0v) is 14.5. The van der Waals surface area contributed by atoms with Gasteiger partial charge in [-0.1, -0.05) is 32.4 Å². The molecule has 0 aliphatic carbocycles. The van der Waals surface area contributed by atoms with Crippen molar-refractivity contribution in [2.45, 2.75) is 26.3 Å². The molecule has 0 saturated heterocycles. The lowest BCUT2D eigenvalue weighted by atomic mass is 9.99. The third-order valence-electron chi connectivity index (χ3n) is 3.59. The summed E-state index contributed by atoms with van der Waals surface area (Å²) in [6.45, 7) is 3.15. The Hall–Kier alpha value is -2.70. The highest BCUT2D eigenvalue weighted by molar-refractivity contribution is 5.90. The van der Waals surface area contributed by atoms with Crippen LogP contribution in [0.25, 0.3) is 6.08 Å². The van der Waals surface area contributed by atoms with Crippen LogP contribution in [0.1, 0.15) is 25.8 Å². The van der Waals surface area contributed by atoms with E-state index in [1.807, 2.05) is 6.92 Å². The van der Waals surface area contributed by atoms with Crippen molar-refractivity contribution >= 4 is 23.9 Å². The van der Waals surface area contributed by atoms with Gasteiger partial charge in [0.2, 0.25) is 0 Å². The van der Waals surface area contributed by atoms with E-state index in [4.69, 9.17) is 4.74 Å². The van der Waals surface area contributed by atoms with Crippen molar-refractivity contribution < 1.29 is 28.2 Å². The van der Waals surface area contributed by atoms with Crippen LogP contribution in [0.3, 0.4) is 0 Å². The maximum atomic E-state index is 13.0. The Kier molecular flexibility index (Phi) is 8.32. The summed E-state index contributed by atoms with van der Waals surface area (Å²) < 4.78 is 22.5. The average Bonchev–Trinajstić information content (AvgIpc) is 2.61. The van der Waals surface area contributed by atoms with Gasteiger partial charge in [-0.15, -0.1) is 0 Å². The van der Waals surface area contributed by atoms with Gasteiger partial charge < -0.3 is 14.8 Å². The number of methoxy groups -OCH3 is 1. The van der Waals surface area contributed by atoms with Crippen LogP contribution in [0.2, 0.25) is 0 Å². The molecule has 0 aromatic heterocycles. The summed E-state index contributed by atoms with van der Waals surface area (Å²) in [6, 6.07) is 4.87. The van der Waals surface area contributed by atoms with E-state index in [0.29, 0.717) is 12.0 Å². The molecule has 0 spiro atoms. The number of esters is 2. The Morgan fingerprint density at radius 1 is 1.32 bits per heavy atom. The molecule has 0 heterocycles. The fraction of sp³-hybridized carbons (Fsp3) is 0.389. The van der Waals surface area contributed by atoms with Crippen LogP contribution < -0.4 is 5.32 Å². The number of rotatable bonds is 8. The normalized spacial score (nSPS) is 13.1. The van der Waals surface area contributed by atoms with Crippen molar-refractivity contribution in [1.29, 1.82) is 0 Å². The summed E-state index contributed by atoms with van der Waals surface area (Å²) in [4.78, 5) is 35.1. The SMILES string of the molecule is CC[C@H](C)[C@H](NC(=O)COC(=O)/C=C/c1cccc(F)c1)C(=O)OC. The second kappa shape index (κ2) is 10.2. The van der Waals surface area contributed by atoms with Crippen LogP contribution in [0.15, 0.2) is 30.3 Å². The zero-order chi connectivity index (χ0) is 18.8.